The van der Waals surface area contributed by atoms with Crippen LogP contribution in [0.2, 0.25) is 0 Å². The van der Waals surface area contributed by atoms with Crippen LogP contribution in [0.25, 0.3) is 0 Å². The molecule has 0 spiro atoms. The Kier molecular flexibility index (Phi) is 2.87. The maximum atomic E-state index is 10.5. The fourth-order valence-corrected chi connectivity index (χ4v) is 0.953. The van der Waals surface area contributed by atoms with Crippen LogP contribution in [0.4, 0.5) is 4.79 Å². The minimum absolute atomic E-state index is 0.313. The molecule has 0 aliphatic carbocycles. The molecule has 0 saturated carbocycles. The van der Waals surface area contributed by atoms with Gasteiger partial charge >= 0.3 is 3.98 Å². The second-order valence-corrected chi connectivity index (χ2v) is 3.03. The summed E-state index contributed by atoms with van der Waals surface area (Å²) in [4.78, 5) is 10.5. The van der Waals surface area contributed by atoms with Crippen LogP contribution in [0.15, 0.2) is 24.3 Å². The zero-order chi connectivity index (χ0) is 8.27. The maximum absolute atomic E-state index is 10.5. The summed E-state index contributed by atoms with van der Waals surface area (Å²) in [5.41, 5.74) is 1.15. The summed E-state index contributed by atoms with van der Waals surface area (Å²) < 4.78 is 4.50. The predicted octanol–water partition coefficient (Wildman–Crippen LogP) is 2.93. The maximum Gasteiger partial charge on any atom is 0.372 e. The van der Waals surface area contributed by atoms with Gasteiger partial charge in [0.2, 0.25) is 0 Å². The van der Waals surface area contributed by atoms with Crippen LogP contribution >= 0.6 is 22.6 Å². The first-order chi connectivity index (χ1) is 5.18. The molecule has 0 amide bonds. The SMILES string of the molecule is Cc1ccc(OC(=O)I)cc1. The minimum atomic E-state index is -0.313. The van der Waals surface area contributed by atoms with Gasteiger partial charge in [-0.3, -0.25) is 0 Å². The number of hydrogen-bond donors (Lipinski definition) is 0. The van der Waals surface area contributed by atoms with E-state index in [0.717, 1.165) is 5.56 Å². The number of ether oxygens (including phenoxy) is 1. The van der Waals surface area contributed by atoms with E-state index in [1.165, 1.54) is 0 Å². The van der Waals surface area contributed by atoms with E-state index in [-0.39, 0.29) is 3.98 Å². The lowest BCUT2D eigenvalue weighted by Crippen LogP contribution is -1.94. The molecule has 0 aromatic heterocycles. The monoisotopic (exact) mass is 262 g/mol. The summed E-state index contributed by atoms with van der Waals surface area (Å²) in [5, 5.41) is 0. The van der Waals surface area contributed by atoms with Crippen LogP contribution in [0.5, 0.6) is 5.75 Å². The molecule has 0 radical (unpaired) electrons. The van der Waals surface area contributed by atoms with Gasteiger partial charge in [-0.1, -0.05) is 17.7 Å². The molecule has 3 heteroatoms. The number of halogens is 1. The Morgan fingerprint density at radius 1 is 1.36 bits per heavy atom. The zero-order valence-corrected chi connectivity index (χ0v) is 8.16. The molecular formula is C8H7IO2. The first-order valence-corrected chi connectivity index (χ1v) is 4.20. The average Bonchev–Trinajstić information content (AvgIpc) is 1.93. The lowest BCUT2D eigenvalue weighted by atomic mass is 10.2. The Balaban J connectivity index is 2.74. The third kappa shape index (κ3) is 2.88. The van der Waals surface area contributed by atoms with Crippen LogP contribution in [0.3, 0.4) is 0 Å². The molecule has 2 nitrogen and oxygen atoms in total. The molecule has 0 aliphatic heterocycles. The Labute approximate surface area is 78.7 Å². The summed E-state index contributed by atoms with van der Waals surface area (Å²) in [6, 6.07) is 7.33. The lowest BCUT2D eigenvalue weighted by molar-refractivity contribution is 0.230. The molecule has 1 rings (SSSR count). The standard InChI is InChI=1S/C8H7IO2/c1-6-2-4-7(5-3-6)11-8(9)10/h2-5H,1H3. The van der Waals surface area contributed by atoms with E-state index in [1.54, 1.807) is 34.7 Å². The van der Waals surface area contributed by atoms with E-state index in [4.69, 9.17) is 4.74 Å². The van der Waals surface area contributed by atoms with Gasteiger partial charge in [0.15, 0.2) is 0 Å². The van der Waals surface area contributed by atoms with Crippen molar-refractivity contribution >= 4 is 26.6 Å². The Bertz CT molecular complexity index is 253. The number of rotatable bonds is 1. The quantitative estimate of drug-likeness (QED) is 0.574. The van der Waals surface area contributed by atoms with E-state index in [9.17, 15) is 4.79 Å². The Hall–Kier alpha value is -0.580. The number of aryl methyl sites for hydroxylation is 1. The van der Waals surface area contributed by atoms with Gasteiger partial charge in [0, 0.05) is 0 Å². The van der Waals surface area contributed by atoms with Gasteiger partial charge < -0.3 is 4.74 Å². The van der Waals surface area contributed by atoms with E-state index in [2.05, 4.69) is 0 Å². The summed E-state index contributed by atoms with van der Waals surface area (Å²) in [7, 11) is 0. The van der Waals surface area contributed by atoms with Crippen molar-refractivity contribution in [3.63, 3.8) is 0 Å². The van der Waals surface area contributed by atoms with Crippen LogP contribution in [-0.4, -0.2) is 3.98 Å². The van der Waals surface area contributed by atoms with Crippen molar-refractivity contribution in [2.75, 3.05) is 0 Å². The van der Waals surface area contributed by atoms with Crippen molar-refractivity contribution in [3.8, 4) is 5.75 Å². The molecule has 0 unspecified atom stereocenters. The van der Waals surface area contributed by atoms with Gasteiger partial charge in [-0.05, 0) is 19.1 Å². The first-order valence-electron chi connectivity index (χ1n) is 3.12. The highest BCUT2D eigenvalue weighted by Gasteiger charge is 1.96. The largest absolute Gasteiger partial charge is 0.419 e. The van der Waals surface area contributed by atoms with Gasteiger partial charge in [-0.25, -0.2) is 4.79 Å². The predicted molar refractivity (Wildman–Crippen MR) is 51.2 cm³/mol. The highest BCUT2D eigenvalue weighted by atomic mass is 127. The van der Waals surface area contributed by atoms with Crippen molar-refractivity contribution < 1.29 is 9.53 Å². The van der Waals surface area contributed by atoms with E-state index < -0.39 is 0 Å². The van der Waals surface area contributed by atoms with Crippen molar-refractivity contribution in [1.82, 2.24) is 0 Å². The molecule has 0 bridgehead atoms. The second kappa shape index (κ2) is 3.71. The minimum Gasteiger partial charge on any atom is -0.419 e. The molecule has 0 heterocycles. The molecule has 0 fully saturated rings. The molecule has 1 aromatic carbocycles. The molecular weight excluding hydrogens is 255 g/mol. The summed E-state index contributed by atoms with van der Waals surface area (Å²) in [5.74, 6) is 0.593. The zero-order valence-electron chi connectivity index (χ0n) is 6.00. The normalized spacial score (nSPS) is 9.27. The lowest BCUT2D eigenvalue weighted by Gasteiger charge is -1.98. The van der Waals surface area contributed by atoms with Crippen molar-refractivity contribution in [2.45, 2.75) is 6.92 Å². The van der Waals surface area contributed by atoms with Gasteiger partial charge in [-0.2, -0.15) is 0 Å². The Morgan fingerprint density at radius 3 is 2.36 bits per heavy atom. The topological polar surface area (TPSA) is 26.3 Å². The summed E-state index contributed by atoms with van der Waals surface area (Å²) in [6.07, 6.45) is 0. The van der Waals surface area contributed by atoms with Crippen LogP contribution in [0.1, 0.15) is 5.56 Å². The van der Waals surface area contributed by atoms with Crippen LogP contribution < -0.4 is 4.74 Å². The van der Waals surface area contributed by atoms with E-state index in [1.807, 2.05) is 19.1 Å². The Morgan fingerprint density at radius 2 is 1.91 bits per heavy atom. The van der Waals surface area contributed by atoms with Gasteiger partial charge in [0.1, 0.15) is 5.75 Å². The second-order valence-electron chi connectivity index (χ2n) is 2.15. The molecule has 58 valence electrons. The highest BCUT2D eigenvalue weighted by Crippen LogP contribution is 2.12. The smallest absolute Gasteiger partial charge is 0.372 e. The van der Waals surface area contributed by atoms with Gasteiger partial charge in [0.05, 0.1) is 22.6 Å². The molecule has 1 aromatic rings. The molecule has 0 atom stereocenters. The fourth-order valence-electron chi connectivity index (χ4n) is 0.699. The third-order valence-corrected chi connectivity index (χ3v) is 1.44. The van der Waals surface area contributed by atoms with Gasteiger partial charge in [0.25, 0.3) is 0 Å². The summed E-state index contributed by atoms with van der Waals surface area (Å²) >= 11 is 1.59. The number of carbonyl (C=O) groups is 1. The first kappa shape index (κ1) is 8.52. The fraction of sp³-hybridized carbons (Fsp3) is 0.125. The summed E-state index contributed by atoms with van der Waals surface area (Å²) in [6.45, 7) is 1.98. The molecule has 0 aliphatic rings. The van der Waals surface area contributed by atoms with Crippen molar-refractivity contribution in [3.05, 3.63) is 29.8 Å². The molecule has 11 heavy (non-hydrogen) atoms. The third-order valence-electron chi connectivity index (χ3n) is 1.22. The van der Waals surface area contributed by atoms with Gasteiger partial charge in [-0.15, -0.1) is 0 Å². The van der Waals surface area contributed by atoms with Crippen molar-refractivity contribution in [1.29, 1.82) is 0 Å². The number of hydrogen-bond acceptors (Lipinski definition) is 2. The molecule has 0 N–H and O–H groups in total. The van der Waals surface area contributed by atoms with E-state index >= 15 is 0 Å². The average molecular weight is 262 g/mol. The van der Waals surface area contributed by atoms with Crippen LogP contribution in [0, 0.1) is 6.92 Å². The van der Waals surface area contributed by atoms with E-state index in [0.29, 0.717) is 5.75 Å². The van der Waals surface area contributed by atoms with Crippen molar-refractivity contribution in [2.24, 2.45) is 0 Å². The number of benzene rings is 1. The van der Waals surface area contributed by atoms with Crippen LogP contribution in [-0.2, 0) is 0 Å². The highest BCUT2D eigenvalue weighted by molar-refractivity contribution is 14.1. The number of carbonyl (C=O) groups excluding carboxylic acids is 1. The molecule has 0 saturated heterocycles.